The summed E-state index contributed by atoms with van der Waals surface area (Å²) in [5, 5.41) is 0. The number of hydrogen-bond donors (Lipinski definition) is 0. The second-order valence-corrected chi connectivity index (χ2v) is 4.62. The van der Waals surface area contributed by atoms with Crippen LogP contribution in [-0.4, -0.2) is 17.7 Å². The van der Waals surface area contributed by atoms with Crippen molar-refractivity contribution in [3.63, 3.8) is 0 Å². The highest BCUT2D eigenvalue weighted by Crippen LogP contribution is 2.24. The van der Waals surface area contributed by atoms with Crippen LogP contribution in [0.1, 0.15) is 11.1 Å². The van der Waals surface area contributed by atoms with E-state index in [1.807, 2.05) is 54.6 Å². The van der Waals surface area contributed by atoms with Crippen molar-refractivity contribution in [2.75, 3.05) is 6.73 Å². The summed E-state index contributed by atoms with van der Waals surface area (Å²) in [5.41, 5.74) is 1.97. The molecule has 20 heavy (non-hydrogen) atoms. The summed E-state index contributed by atoms with van der Waals surface area (Å²) in [6, 6.07) is 17.3. The summed E-state index contributed by atoms with van der Waals surface area (Å²) < 4.78 is 10.8. The first-order valence-corrected chi connectivity index (χ1v) is 6.49. The lowest BCUT2D eigenvalue weighted by atomic mass is 10.2. The van der Waals surface area contributed by atoms with Crippen molar-refractivity contribution in [2.45, 2.75) is 13.2 Å². The zero-order chi connectivity index (χ0) is 13.8. The molecule has 2 aromatic carbocycles. The predicted molar refractivity (Wildman–Crippen MR) is 74.1 cm³/mol. The van der Waals surface area contributed by atoms with E-state index in [1.165, 1.54) is 0 Å². The molecule has 4 heteroatoms. The molecule has 0 unspecified atom stereocenters. The molecule has 0 spiro atoms. The van der Waals surface area contributed by atoms with E-state index in [1.54, 1.807) is 4.90 Å². The number of nitrogens with zero attached hydrogens (tertiary/aromatic N) is 1. The first kappa shape index (κ1) is 12.5. The highest BCUT2D eigenvalue weighted by atomic mass is 16.6. The van der Waals surface area contributed by atoms with Crippen LogP contribution in [0, 0.1) is 0 Å². The Kier molecular flexibility index (Phi) is 3.54. The number of rotatable bonds is 2. The van der Waals surface area contributed by atoms with E-state index in [2.05, 4.69) is 0 Å². The van der Waals surface area contributed by atoms with Crippen LogP contribution in [0.2, 0.25) is 0 Å². The van der Waals surface area contributed by atoms with Gasteiger partial charge in [0.1, 0.15) is 12.4 Å². The summed E-state index contributed by atoms with van der Waals surface area (Å²) in [4.78, 5) is 13.6. The van der Waals surface area contributed by atoms with Gasteiger partial charge in [-0.2, -0.15) is 0 Å². The summed E-state index contributed by atoms with van der Waals surface area (Å²) in [7, 11) is 0. The zero-order valence-electron chi connectivity index (χ0n) is 11.0. The SMILES string of the molecule is O=C(OCc1ccccc1)N1COc2ccccc2C1. The van der Waals surface area contributed by atoms with Crippen LogP contribution < -0.4 is 4.74 Å². The molecule has 4 nitrogen and oxygen atoms in total. The molecule has 1 aliphatic rings. The molecule has 0 atom stereocenters. The second-order valence-electron chi connectivity index (χ2n) is 4.62. The van der Waals surface area contributed by atoms with Gasteiger partial charge in [0.2, 0.25) is 0 Å². The van der Waals surface area contributed by atoms with Crippen LogP contribution in [0.25, 0.3) is 0 Å². The topological polar surface area (TPSA) is 38.8 Å². The second kappa shape index (κ2) is 5.65. The van der Waals surface area contributed by atoms with Crippen LogP contribution in [0.15, 0.2) is 54.6 Å². The number of carbonyl (C=O) groups is 1. The molecule has 1 heterocycles. The van der Waals surface area contributed by atoms with E-state index >= 15 is 0 Å². The van der Waals surface area contributed by atoms with Gasteiger partial charge in [0.25, 0.3) is 0 Å². The maximum Gasteiger partial charge on any atom is 0.413 e. The fourth-order valence-corrected chi connectivity index (χ4v) is 2.10. The summed E-state index contributed by atoms with van der Waals surface area (Å²) in [6.07, 6.45) is -0.358. The molecule has 0 saturated heterocycles. The van der Waals surface area contributed by atoms with Gasteiger partial charge >= 0.3 is 6.09 Å². The lowest BCUT2D eigenvalue weighted by Gasteiger charge is -2.28. The van der Waals surface area contributed by atoms with Gasteiger partial charge in [0, 0.05) is 5.56 Å². The highest BCUT2D eigenvalue weighted by Gasteiger charge is 2.22. The van der Waals surface area contributed by atoms with Crippen LogP contribution in [0.4, 0.5) is 4.79 Å². The number of ether oxygens (including phenoxy) is 2. The third-order valence-electron chi connectivity index (χ3n) is 3.17. The first-order valence-electron chi connectivity index (χ1n) is 6.49. The molecule has 0 radical (unpaired) electrons. The van der Waals surface area contributed by atoms with E-state index in [0.717, 1.165) is 16.9 Å². The lowest BCUT2D eigenvalue weighted by Crippen LogP contribution is -2.37. The summed E-state index contributed by atoms with van der Waals surface area (Å²) in [5.74, 6) is 0.833. The van der Waals surface area contributed by atoms with Crippen molar-refractivity contribution in [1.82, 2.24) is 4.90 Å². The van der Waals surface area contributed by atoms with Crippen molar-refractivity contribution in [1.29, 1.82) is 0 Å². The smallest absolute Gasteiger partial charge is 0.413 e. The molecule has 3 rings (SSSR count). The van der Waals surface area contributed by atoms with Crippen molar-refractivity contribution in [3.8, 4) is 5.75 Å². The van der Waals surface area contributed by atoms with Gasteiger partial charge in [-0.15, -0.1) is 0 Å². The average Bonchev–Trinajstić information content (AvgIpc) is 2.53. The molecule has 0 saturated carbocycles. The van der Waals surface area contributed by atoms with Crippen LogP contribution in [0.3, 0.4) is 0 Å². The third-order valence-corrected chi connectivity index (χ3v) is 3.17. The molecule has 1 aliphatic heterocycles. The Balaban J connectivity index is 1.59. The van der Waals surface area contributed by atoms with E-state index in [-0.39, 0.29) is 19.4 Å². The molecule has 0 bridgehead atoms. The fraction of sp³-hybridized carbons (Fsp3) is 0.188. The summed E-state index contributed by atoms with van der Waals surface area (Å²) >= 11 is 0. The van der Waals surface area contributed by atoms with E-state index < -0.39 is 0 Å². The van der Waals surface area contributed by atoms with Crippen LogP contribution >= 0.6 is 0 Å². The molecular weight excluding hydrogens is 254 g/mol. The molecule has 0 N–H and O–H groups in total. The minimum Gasteiger partial charge on any atom is -0.473 e. The number of fused-ring (bicyclic) bond motifs is 1. The van der Waals surface area contributed by atoms with Crippen molar-refractivity contribution < 1.29 is 14.3 Å². The number of carbonyl (C=O) groups excluding carboxylic acids is 1. The van der Waals surface area contributed by atoms with Crippen molar-refractivity contribution in [2.24, 2.45) is 0 Å². The maximum absolute atomic E-state index is 12.0. The Hall–Kier alpha value is -2.49. The normalized spacial score (nSPS) is 13.3. The number of hydrogen-bond acceptors (Lipinski definition) is 3. The molecule has 102 valence electrons. The fourth-order valence-electron chi connectivity index (χ4n) is 2.10. The summed E-state index contributed by atoms with van der Waals surface area (Å²) in [6.45, 7) is 1.02. The van der Waals surface area contributed by atoms with Gasteiger partial charge in [-0.05, 0) is 11.6 Å². The Morgan fingerprint density at radius 3 is 2.70 bits per heavy atom. The van der Waals surface area contributed by atoms with E-state index in [4.69, 9.17) is 9.47 Å². The zero-order valence-corrected chi connectivity index (χ0v) is 11.0. The molecule has 0 fully saturated rings. The Labute approximate surface area is 117 Å². The quantitative estimate of drug-likeness (QED) is 0.840. The van der Waals surface area contributed by atoms with Crippen LogP contribution in [-0.2, 0) is 17.9 Å². The predicted octanol–water partition coefficient (Wildman–Crippen LogP) is 3.18. The Morgan fingerprint density at radius 1 is 1.10 bits per heavy atom. The molecule has 1 amide bonds. The maximum atomic E-state index is 12.0. The van der Waals surface area contributed by atoms with Gasteiger partial charge < -0.3 is 9.47 Å². The molecule has 2 aromatic rings. The van der Waals surface area contributed by atoms with Crippen molar-refractivity contribution >= 4 is 6.09 Å². The largest absolute Gasteiger partial charge is 0.473 e. The Bertz CT molecular complexity index is 598. The van der Waals surface area contributed by atoms with E-state index in [9.17, 15) is 4.79 Å². The highest BCUT2D eigenvalue weighted by molar-refractivity contribution is 5.68. The number of amides is 1. The number of benzene rings is 2. The lowest BCUT2D eigenvalue weighted by molar-refractivity contribution is 0.0515. The minimum atomic E-state index is -0.358. The van der Waals surface area contributed by atoms with Gasteiger partial charge in [0.05, 0.1) is 6.54 Å². The standard InChI is InChI=1S/C16H15NO3/c18-16(19-11-13-6-2-1-3-7-13)17-10-14-8-4-5-9-15(14)20-12-17/h1-9H,10-12H2. The number of para-hydroxylation sites is 1. The van der Waals surface area contributed by atoms with E-state index in [0.29, 0.717) is 6.54 Å². The minimum absolute atomic E-state index is 0.227. The Morgan fingerprint density at radius 2 is 1.85 bits per heavy atom. The van der Waals surface area contributed by atoms with Gasteiger partial charge in [-0.25, -0.2) is 4.79 Å². The van der Waals surface area contributed by atoms with Crippen molar-refractivity contribution in [3.05, 3.63) is 65.7 Å². The monoisotopic (exact) mass is 269 g/mol. The molecule has 0 aromatic heterocycles. The van der Waals surface area contributed by atoms with Gasteiger partial charge in [0.15, 0.2) is 6.73 Å². The van der Waals surface area contributed by atoms with Crippen LogP contribution in [0.5, 0.6) is 5.75 Å². The average molecular weight is 269 g/mol. The molecular formula is C16H15NO3. The van der Waals surface area contributed by atoms with Gasteiger partial charge in [-0.3, -0.25) is 4.90 Å². The molecule has 0 aliphatic carbocycles. The van der Waals surface area contributed by atoms with Gasteiger partial charge in [-0.1, -0.05) is 48.5 Å². The first-order chi connectivity index (χ1) is 9.83. The third kappa shape index (κ3) is 2.74.